The van der Waals surface area contributed by atoms with E-state index in [1.807, 2.05) is 0 Å². The molecular formula is C11H13NO4S. The summed E-state index contributed by atoms with van der Waals surface area (Å²) < 4.78 is 11.6. The van der Waals surface area contributed by atoms with Crippen molar-refractivity contribution in [3.8, 4) is 0 Å². The summed E-state index contributed by atoms with van der Waals surface area (Å²) in [5.41, 5.74) is 0.798. The molecule has 0 spiro atoms. The van der Waals surface area contributed by atoms with Crippen LogP contribution in [0.3, 0.4) is 0 Å². The molecule has 0 saturated carbocycles. The molecule has 2 N–H and O–H groups in total. The first-order valence-electron chi connectivity index (χ1n) is 4.90. The van der Waals surface area contributed by atoms with Gasteiger partial charge in [-0.15, -0.1) is 0 Å². The molecule has 6 heteroatoms. The van der Waals surface area contributed by atoms with E-state index >= 15 is 0 Å². The van der Waals surface area contributed by atoms with E-state index in [0.29, 0.717) is 5.56 Å². The number of nitrogens with one attached hydrogen (secondary N) is 1. The zero-order chi connectivity index (χ0) is 12.8. The quantitative estimate of drug-likeness (QED) is 0.796. The molecule has 17 heavy (non-hydrogen) atoms. The second-order valence-corrected chi connectivity index (χ2v) is 4.86. The lowest BCUT2D eigenvalue weighted by Crippen LogP contribution is -2.24. The Hall–Kier alpha value is -1.69. The van der Waals surface area contributed by atoms with Gasteiger partial charge < -0.3 is 10.4 Å². The summed E-state index contributed by atoms with van der Waals surface area (Å²) in [6.07, 6.45) is 0. The largest absolute Gasteiger partial charge is 0.478 e. The number of carboxylic acid groups (broad SMARTS) is 1. The summed E-state index contributed by atoms with van der Waals surface area (Å²) >= 11 is 0. The number of carboxylic acids is 1. The zero-order valence-corrected chi connectivity index (χ0v) is 10.1. The number of hydrogen-bond donors (Lipinski definition) is 2. The molecule has 0 radical (unpaired) electrons. The molecule has 0 aliphatic rings. The summed E-state index contributed by atoms with van der Waals surface area (Å²) in [7, 11) is 0.149. The Kier molecular flexibility index (Phi) is 4.84. The predicted molar refractivity (Wildman–Crippen MR) is 64.2 cm³/mol. The topological polar surface area (TPSA) is 83.5 Å². The smallest absolute Gasteiger partial charge is 0.335 e. The number of carbonyl (C=O) groups excluding carboxylic acids is 1. The van der Waals surface area contributed by atoms with Gasteiger partial charge in [-0.1, -0.05) is 12.1 Å². The highest BCUT2D eigenvalue weighted by Gasteiger charge is 2.09. The van der Waals surface area contributed by atoms with Crippen LogP contribution in [0.25, 0.3) is 0 Å². The van der Waals surface area contributed by atoms with Gasteiger partial charge in [-0.05, 0) is 17.7 Å². The minimum absolute atomic E-state index is 0.0756. The maximum absolute atomic E-state index is 11.6. The van der Waals surface area contributed by atoms with Crippen molar-refractivity contribution in [2.75, 3.05) is 12.8 Å². The van der Waals surface area contributed by atoms with Gasteiger partial charge >= 0.3 is 5.97 Å². The summed E-state index contributed by atoms with van der Waals surface area (Å²) in [6, 6.07) is 6.21. The van der Waals surface area contributed by atoms with Crippen LogP contribution in [0.4, 0.5) is 0 Å². The van der Waals surface area contributed by atoms with Crippen molar-refractivity contribution in [2.45, 2.75) is 5.75 Å². The number of carbonyl (C=O) groups is 2. The highest BCUT2D eigenvalue weighted by molar-refractivity contribution is 7.84. The van der Waals surface area contributed by atoms with Crippen molar-refractivity contribution in [3.05, 3.63) is 35.4 Å². The van der Waals surface area contributed by atoms with Crippen molar-refractivity contribution in [1.29, 1.82) is 0 Å². The first kappa shape index (κ1) is 13.4. The van der Waals surface area contributed by atoms with Gasteiger partial charge in [-0.3, -0.25) is 9.00 Å². The molecule has 0 fully saturated rings. The van der Waals surface area contributed by atoms with E-state index in [9.17, 15) is 13.8 Å². The Morgan fingerprint density at radius 3 is 2.71 bits per heavy atom. The van der Waals surface area contributed by atoms with Gasteiger partial charge in [-0.2, -0.15) is 0 Å². The third-order valence-corrected chi connectivity index (χ3v) is 3.31. The molecule has 1 aromatic rings. The normalized spacial score (nSPS) is 11.8. The second kappa shape index (κ2) is 6.15. The minimum atomic E-state index is -1.33. The van der Waals surface area contributed by atoms with Crippen LogP contribution in [0.5, 0.6) is 0 Å². The van der Waals surface area contributed by atoms with Crippen molar-refractivity contribution in [1.82, 2.24) is 5.32 Å². The van der Waals surface area contributed by atoms with E-state index < -0.39 is 16.8 Å². The van der Waals surface area contributed by atoms with Crippen LogP contribution in [-0.4, -0.2) is 34.0 Å². The number of rotatable bonds is 5. The molecule has 1 rings (SSSR count). The molecule has 92 valence electrons. The van der Waals surface area contributed by atoms with Gasteiger partial charge in [0.15, 0.2) is 0 Å². The van der Waals surface area contributed by atoms with Gasteiger partial charge in [0.2, 0.25) is 5.91 Å². The summed E-state index contributed by atoms with van der Waals surface area (Å²) in [6.45, 7) is 0. The minimum Gasteiger partial charge on any atom is -0.478 e. The maximum atomic E-state index is 11.6. The average molecular weight is 255 g/mol. The fraction of sp³-hybridized carbons (Fsp3) is 0.273. The molecule has 0 heterocycles. The highest BCUT2D eigenvalue weighted by atomic mass is 32.2. The lowest BCUT2D eigenvalue weighted by atomic mass is 10.1. The molecule has 1 aromatic carbocycles. The van der Waals surface area contributed by atoms with Crippen LogP contribution in [0.2, 0.25) is 0 Å². The monoisotopic (exact) mass is 255 g/mol. The van der Waals surface area contributed by atoms with E-state index in [-0.39, 0.29) is 23.0 Å². The van der Waals surface area contributed by atoms with Gasteiger partial charge in [0.25, 0.3) is 0 Å². The van der Waals surface area contributed by atoms with Crippen LogP contribution in [0.15, 0.2) is 24.3 Å². The van der Waals surface area contributed by atoms with Crippen LogP contribution in [-0.2, 0) is 21.3 Å². The lowest BCUT2D eigenvalue weighted by Gasteiger charge is -2.03. The number of aromatic carboxylic acids is 1. The Balaban J connectivity index is 2.68. The molecule has 0 saturated heterocycles. The molecule has 0 bridgehead atoms. The summed E-state index contributed by atoms with van der Waals surface area (Å²) in [5, 5.41) is 11.2. The third kappa shape index (κ3) is 4.36. The van der Waals surface area contributed by atoms with E-state index in [0.717, 1.165) is 0 Å². The number of benzene rings is 1. The summed E-state index contributed by atoms with van der Waals surface area (Å²) in [5.74, 6) is -1.22. The first-order chi connectivity index (χ1) is 8.02. The third-order valence-electron chi connectivity index (χ3n) is 2.07. The molecule has 5 nitrogen and oxygen atoms in total. The van der Waals surface area contributed by atoms with E-state index in [4.69, 9.17) is 5.11 Å². The lowest BCUT2D eigenvalue weighted by molar-refractivity contribution is -0.118. The van der Waals surface area contributed by atoms with Crippen molar-refractivity contribution < 1.29 is 18.9 Å². The van der Waals surface area contributed by atoms with Crippen LogP contribution in [0, 0.1) is 0 Å². The standard InChI is InChI=1S/C11H13NO4S/c1-12-10(13)7-17(16)6-8-3-2-4-9(5-8)11(14)15/h2-5H,6-7H2,1H3,(H,12,13)(H,14,15). The molecule has 0 aliphatic carbocycles. The van der Waals surface area contributed by atoms with E-state index in [1.54, 1.807) is 12.1 Å². The molecule has 1 unspecified atom stereocenters. The molecule has 1 amide bonds. The second-order valence-electron chi connectivity index (χ2n) is 3.41. The Bertz CT molecular complexity index is 459. The number of hydrogen-bond acceptors (Lipinski definition) is 3. The fourth-order valence-electron chi connectivity index (χ4n) is 1.25. The zero-order valence-electron chi connectivity index (χ0n) is 9.30. The molecule has 0 aliphatic heterocycles. The SMILES string of the molecule is CNC(=O)CS(=O)Cc1cccc(C(=O)O)c1. The fourth-order valence-corrected chi connectivity index (χ4v) is 2.34. The van der Waals surface area contributed by atoms with E-state index in [1.165, 1.54) is 19.2 Å². The first-order valence-corrected chi connectivity index (χ1v) is 6.39. The van der Waals surface area contributed by atoms with Gasteiger partial charge in [0, 0.05) is 23.6 Å². The highest BCUT2D eigenvalue weighted by Crippen LogP contribution is 2.08. The van der Waals surface area contributed by atoms with Crippen molar-refractivity contribution in [2.24, 2.45) is 0 Å². The number of amides is 1. The molecule has 1 atom stereocenters. The Morgan fingerprint density at radius 1 is 1.41 bits per heavy atom. The van der Waals surface area contributed by atoms with Gasteiger partial charge in [0.1, 0.15) is 5.75 Å². The van der Waals surface area contributed by atoms with Gasteiger partial charge in [0.05, 0.1) is 5.56 Å². The van der Waals surface area contributed by atoms with Crippen molar-refractivity contribution in [3.63, 3.8) is 0 Å². The Morgan fingerprint density at radius 2 is 2.12 bits per heavy atom. The van der Waals surface area contributed by atoms with Crippen LogP contribution >= 0.6 is 0 Å². The van der Waals surface area contributed by atoms with Crippen LogP contribution in [0.1, 0.15) is 15.9 Å². The van der Waals surface area contributed by atoms with Gasteiger partial charge in [-0.25, -0.2) is 4.79 Å². The predicted octanol–water partition coefficient (Wildman–Crippen LogP) is 0.379. The Labute approximate surface area is 101 Å². The van der Waals surface area contributed by atoms with E-state index in [2.05, 4.69) is 5.32 Å². The summed E-state index contributed by atoms with van der Waals surface area (Å²) in [4.78, 5) is 21.7. The average Bonchev–Trinajstić information content (AvgIpc) is 2.28. The molecular weight excluding hydrogens is 242 g/mol. The molecule has 0 aromatic heterocycles. The maximum Gasteiger partial charge on any atom is 0.335 e. The van der Waals surface area contributed by atoms with Crippen molar-refractivity contribution >= 4 is 22.7 Å². The van der Waals surface area contributed by atoms with Crippen LogP contribution < -0.4 is 5.32 Å².